The fourth-order valence-electron chi connectivity index (χ4n) is 3.04. The Kier molecular flexibility index (Phi) is 4.08. The molecule has 5 heteroatoms. The number of thiazole rings is 1. The molecule has 0 spiro atoms. The SMILES string of the molecule is CC1CCCN(Cc2nc(C3CC3)c(CC(=O)O)s2)C1. The van der Waals surface area contributed by atoms with Crippen molar-refractivity contribution in [2.45, 2.75) is 51.5 Å². The monoisotopic (exact) mass is 294 g/mol. The van der Waals surface area contributed by atoms with Crippen LogP contribution in [0.1, 0.15) is 54.1 Å². The van der Waals surface area contributed by atoms with E-state index in [1.807, 2.05) is 0 Å². The van der Waals surface area contributed by atoms with E-state index >= 15 is 0 Å². The fourth-order valence-corrected chi connectivity index (χ4v) is 4.23. The molecule has 0 aromatic carbocycles. The van der Waals surface area contributed by atoms with Gasteiger partial charge in [0.25, 0.3) is 0 Å². The predicted molar refractivity (Wildman–Crippen MR) is 79.1 cm³/mol. The van der Waals surface area contributed by atoms with Gasteiger partial charge in [-0.25, -0.2) is 4.98 Å². The summed E-state index contributed by atoms with van der Waals surface area (Å²) in [5.41, 5.74) is 1.08. The van der Waals surface area contributed by atoms with E-state index in [0.29, 0.717) is 5.92 Å². The summed E-state index contributed by atoms with van der Waals surface area (Å²) < 4.78 is 0. The fraction of sp³-hybridized carbons (Fsp3) is 0.733. The first-order valence-corrected chi connectivity index (χ1v) is 8.36. The van der Waals surface area contributed by atoms with Gasteiger partial charge in [0.1, 0.15) is 5.01 Å². The molecule has 0 bridgehead atoms. The highest BCUT2D eigenvalue weighted by Crippen LogP contribution is 2.43. The maximum atomic E-state index is 11.0. The van der Waals surface area contributed by atoms with Gasteiger partial charge in [0.05, 0.1) is 18.7 Å². The molecule has 4 nitrogen and oxygen atoms in total. The number of aromatic nitrogens is 1. The largest absolute Gasteiger partial charge is 0.481 e. The van der Waals surface area contributed by atoms with E-state index in [-0.39, 0.29) is 6.42 Å². The van der Waals surface area contributed by atoms with Crippen LogP contribution in [0.3, 0.4) is 0 Å². The molecule has 1 N–H and O–H groups in total. The van der Waals surface area contributed by atoms with Crippen molar-refractivity contribution in [2.75, 3.05) is 13.1 Å². The Hall–Kier alpha value is -0.940. The highest BCUT2D eigenvalue weighted by Gasteiger charge is 2.30. The zero-order chi connectivity index (χ0) is 14.1. The molecule has 1 saturated carbocycles. The molecule has 0 amide bonds. The van der Waals surface area contributed by atoms with Gasteiger partial charge in [0.2, 0.25) is 0 Å². The van der Waals surface area contributed by atoms with Crippen molar-refractivity contribution in [2.24, 2.45) is 5.92 Å². The van der Waals surface area contributed by atoms with Gasteiger partial charge in [0.15, 0.2) is 0 Å². The third kappa shape index (κ3) is 3.38. The minimum atomic E-state index is -0.742. The Balaban J connectivity index is 1.71. The summed E-state index contributed by atoms with van der Waals surface area (Å²) in [6.07, 6.45) is 5.09. The zero-order valence-electron chi connectivity index (χ0n) is 12.0. The zero-order valence-corrected chi connectivity index (χ0v) is 12.8. The lowest BCUT2D eigenvalue weighted by Gasteiger charge is -2.29. The van der Waals surface area contributed by atoms with Gasteiger partial charge in [-0.2, -0.15) is 0 Å². The summed E-state index contributed by atoms with van der Waals surface area (Å²) in [5.74, 6) is 0.563. The van der Waals surface area contributed by atoms with Crippen LogP contribution in [0.25, 0.3) is 0 Å². The van der Waals surface area contributed by atoms with Crippen molar-refractivity contribution in [1.29, 1.82) is 0 Å². The van der Waals surface area contributed by atoms with Crippen LogP contribution in [0.2, 0.25) is 0 Å². The van der Waals surface area contributed by atoms with Crippen LogP contribution < -0.4 is 0 Å². The second-order valence-electron chi connectivity index (χ2n) is 6.24. The van der Waals surface area contributed by atoms with Crippen molar-refractivity contribution in [3.05, 3.63) is 15.6 Å². The van der Waals surface area contributed by atoms with Crippen molar-refractivity contribution >= 4 is 17.3 Å². The Morgan fingerprint density at radius 2 is 2.25 bits per heavy atom. The van der Waals surface area contributed by atoms with E-state index in [2.05, 4.69) is 11.8 Å². The maximum Gasteiger partial charge on any atom is 0.308 e. The first-order valence-electron chi connectivity index (χ1n) is 7.54. The minimum absolute atomic E-state index is 0.139. The first kappa shape index (κ1) is 14.0. The normalized spacial score (nSPS) is 23.9. The standard InChI is InChI=1S/C15H22N2O2S/c1-10-3-2-6-17(8-10)9-13-16-15(11-4-5-11)12(20-13)7-14(18)19/h10-11H,2-9H2,1H3,(H,18,19). The molecule has 1 unspecified atom stereocenters. The lowest BCUT2D eigenvalue weighted by Crippen LogP contribution is -2.33. The summed E-state index contributed by atoms with van der Waals surface area (Å²) in [5, 5.41) is 10.1. The Labute approximate surface area is 123 Å². The molecule has 1 aliphatic carbocycles. The third-order valence-electron chi connectivity index (χ3n) is 4.15. The van der Waals surface area contributed by atoms with Gasteiger partial charge >= 0.3 is 5.97 Å². The summed E-state index contributed by atoms with van der Waals surface area (Å²) in [4.78, 5) is 19.2. The van der Waals surface area contributed by atoms with E-state index in [4.69, 9.17) is 10.1 Å². The minimum Gasteiger partial charge on any atom is -0.481 e. The molecule has 2 aliphatic rings. The van der Waals surface area contributed by atoms with Crippen LogP contribution >= 0.6 is 11.3 Å². The van der Waals surface area contributed by atoms with E-state index in [9.17, 15) is 4.79 Å². The van der Waals surface area contributed by atoms with Gasteiger partial charge in [-0.05, 0) is 38.1 Å². The van der Waals surface area contributed by atoms with Gasteiger partial charge in [0, 0.05) is 17.3 Å². The molecule has 110 valence electrons. The molecule has 1 saturated heterocycles. The third-order valence-corrected chi connectivity index (χ3v) is 5.20. The van der Waals surface area contributed by atoms with E-state index in [0.717, 1.165) is 41.1 Å². The average molecular weight is 294 g/mol. The second-order valence-corrected chi connectivity index (χ2v) is 7.41. The van der Waals surface area contributed by atoms with Gasteiger partial charge in [-0.1, -0.05) is 6.92 Å². The van der Waals surface area contributed by atoms with Crippen LogP contribution in [-0.4, -0.2) is 34.0 Å². The lowest BCUT2D eigenvalue weighted by molar-refractivity contribution is -0.136. The highest BCUT2D eigenvalue weighted by atomic mass is 32.1. The molecule has 1 aromatic rings. The van der Waals surface area contributed by atoms with Crippen molar-refractivity contribution in [3.63, 3.8) is 0 Å². The number of likely N-dealkylation sites (tertiary alicyclic amines) is 1. The van der Waals surface area contributed by atoms with Crippen LogP contribution in [0, 0.1) is 5.92 Å². The predicted octanol–water partition coefficient (Wildman–Crippen LogP) is 2.88. The van der Waals surface area contributed by atoms with Gasteiger partial charge in [-0.3, -0.25) is 9.69 Å². The maximum absolute atomic E-state index is 11.0. The number of hydrogen-bond donors (Lipinski definition) is 1. The lowest BCUT2D eigenvalue weighted by atomic mass is 10.0. The summed E-state index contributed by atoms with van der Waals surface area (Å²) in [6.45, 7) is 5.50. The molecular formula is C15H22N2O2S. The molecule has 20 heavy (non-hydrogen) atoms. The molecule has 2 fully saturated rings. The van der Waals surface area contributed by atoms with Crippen LogP contribution in [0.15, 0.2) is 0 Å². The van der Waals surface area contributed by atoms with Gasteiger partial charge < -0.3 is 5.11 Å². The highest BCUT2D eigenvalue weighted by molar-refractivity contribution is 7.11. The summed E-state index contributed by atoms with van der Waals surface area (Å²) >= 11 is 1.62. The number of aliphatic carboxylic acids is 1. The van der Waals surface area contributed by atoms with Crippen LogP contribution in [0.4, 0.5) is 0 Å². The molecule has 1 atom stereocenters. The van der Waals surface area contributed by atoms with E-state index < -0.39 is 5.97 Å². The Bertz CT molecular complexity index is 496. The number of rotatable bonds is 5. The second kappa shape index (κ2) is 5.82. The molecular weight excluding hydrogens is 272 g/mol. The van der Waals surface area contributed by atoms with Crippen LogP contribution in [0.5, 0.6) is 0 Å². The van der Waals surface area contributed by atoms with Crippen molar-refractivity contribution < 1.29 is 9.90 Å². The number of carbonyl (C=O) groups is 1. The number of carboxylic acids is 1. The quantitative estimate of drug-likeness (QED) is 0.907. The van der Waals surface area contributed by atoms with Crippen LogP contribution in [-0.2, 0) is 17.8 Å². The smallest absolute Gasteiger partial charge is 0.308 e. The first-order chi connectivity index (χ1) is 9.61. The molecule has 2 heterocycles. The number of piperidine rings is 1. The molecule has 1 aliphatic heterocycles. The topological polar surface area (TPSA) is 53.4 Å². The molecule has 0 radical (unpaired) electrons. The number of nitrogens with zero attached hydrogens (tertiary/aromatic N) is 2. The Morgan fingerprint density at radius 1 is 1.45 bits per heavy atom. The van der Waals surface area contributed by atoms with Crippen molar-refractivity contribution in [1.82, 2.24) is 9.88 Å². The van der Waals surface area contributed by atoms with Gasteiger partial charge in [-0.15, -0.1) is 11.3 Å². The Morgan fingerprint density at radius 3 is 2.90 bits per heavy atom. The molecule has 3 rings (SSSR count). The summed E-state index contributed by atoms with van der Waals surface area (Å²) in [7, 11) is 0. The average Bonchev–Trinajstić information content (AvgIpc) is 3.13. The number of hydrogen-bond acceptors (Lipinski definition) is 4. The van der Waals surface area contributed by atoms with E-state index in [1.165, 1.54) is 25.7 Å². The molecule has 1 aromatic heterocycles. The van der Waals surface area contributed by atoms with Crippen molar-refractivity contribution in [3.8, 4) is 0 Å². The number of carboxylic acid groups (broad SMARTS) is 1. The van der Waals surface area contributed by atoms with E-state index in [1.54, 1.807) is 11.3 Å². The summed E-state index contributed by atoms with van der Waals surface area (Å²) in [6, 6.07) is 0.